The summed E-state index contributed by atoms with van der Waals surface area (Å²) in [6.45, 7) is 0. The molecule has 1 rings (SSSR count). The highest BCUT2D eigenvalue weighted by Crippen LogP contribution is 2.37. The molecule has 0 saturated carbocycles. The zero-order valence-electron chi connectivity index (χ0n) is 10.3. The molecule has 0 spiro atoms. The third-order valence-corrected chi connectivity index (χ3v) is 4.70. The average Bonchev–Trinajstić information content (AvgIpc) is 2.34. The maximum absolute atomic E-state index is 10.5. The highest BCUT2D eigenvalue weighted by Gasteiger charge is 2.14. The first-order valence-electron chi connectivity index (χ1n) is 5.38. The van der Waals surface area contributed by atoms with Crippen molar-refractivity contribution in [3.63, 3.8) is 0 Å². The van der Waals surface area contributed by atoms with Crippen LogP contribution in [0.25, 0.3) is 0 Å². The molecule has 0 aromatic heterocycles. The maximum Gasteiger partial charge on any atom is 0.303 e. The molecule has 0 aliphatic heterocycles. The maximum atomic E-state index is 10.5. The van der Waals surface area contributed by atoms with Crippen LogP contribution in [0.2, 0.25) is 5.02 Å². The first-order chi connectivity index (χ1) is 8.49. The van der Waals surface area contributed by atoms with Gasteiger partial charge in [-0.2, -0.15) is 0 Å². The molecule has 1 unspecified atom stereocenters. The molecule has 1 atom stereocenters. The summed E-state index contributed by atoms with van der Waals surface area (Å²) in [5, 5.41) is 9.33. The highest BCUT2D eigenvalue weighted by atomic mass is 35.5. The molecule has 0 saturated heterocycles. The third-order valence-electron chi connectivity index (χ3n) is 2.55. The second-order valence-electron chi connectivity index (χ2n) is 3.78. The molecule has 0 aliphatic carbocycles. The van der Waals surface area contributed by atoms with Crippen molar-refractivity contribution in [3.05, 3.63) is 22.7 Å². The van der Waals surface area contributed by atoms with Gasteiger partial charge in [-0.25, -0.2) is 0 Å². The van der Waals surface area contributed by atoms with E-state index in [1.807, 2.05) is 24.6 Å². The van der Waals surface area contributed by atoms with E-state index in [0.29, 0.717) is 11.4 Å². The van der Waals surface area contributed by atoms with E-state index in [0.717, 1.165) is 15.4 Å². The molecule has 3 N–H and O–H groups in total. The van der Waals surface area contributed by atoms with Crippen LogP contribution in [0, 0.1) is 0 Å². The van der Waals surface area contributed by atoms with Gasteiger partial charge in [0.05, 0.1) is 5.02 Å². The van der Waals surface area contributed by atoms with Crippen LogP contribution in [0.4, 0.5) is 0 Å². The van der Waals surface area contributed by atoms with Gasteiger partial charge in [-0.1, -0.05) is 11.6 Å². The highest BCUT2D eigenvalue weighted by molar-refractivity contribution is 8.01. The molecule has 0 fully saturated rings. The van der Waals surface area contributed by atoms with E-state index < -0.39 is 5.97 Å². The van der Waals surface area contributed by atoms with Crippen molar-refractivity contribution in [2.75, 3.05) is 12.5 Å². The number of thioether (sulfide) groups is 2. The van der Waals surface area contributed by atoms with E-state index in [-0.39, 0.29) is 12.5 Å². The molecule has 1 aromatic carbocycles. The van der Waals surface area contributed by atoms with Gasteiger partial charge in [0.1, 0.15) is 0 Å². The lowest BCUT2D eigenvalue weighted by Crippen LogP contribution is -2.12. The molecule has 100 valence electrons. The molecule has 3 nitrogen and oxygen atoms in total. The molecule has 0 radical (unpaired) electrons. The molecular formula is C12H16ClNO2S2. The van der Waals surface area contributed by atoms with Crippen molar-refractivity contribution in [2.45, 2.75) is 28.7 Å². The van der Waals surface area contributed by atoms with Crippen LogP contribution in [0.3, 0.4) is 0 Å². The Balaban J connectivity index is 2.96. The van der Waals surface area contributed by atoms with Crippen molar-refractivity contribution < 1.29 is 9.90 Å². The molecule has 0 amide bonds. The van der Waals surface area contributed by atoms with Crippen LogP contribution >= 0.6 is 35.1 Å². The first kappa shape index (κ1) is 15.7. The summed E-state index contributed by atoms with van der Waals surface area (Å²) in [5.74, 6) is -0.831. The zero-order valence-corrected chi connectivity index (χ0v) is 12.7. The Morgan fingerprint density at radius 1 is 1.44 bits per heavy atom. The van der Waals surface area contributed by atoms with Crippen LogP contribution in [-0.4, -0.2) is 23.6 Å². The number of hydrogen-bond acceptors (Lipinski definition) is 4. The SMILES string of the molecule is CSc1cc(C(N)CCC(=O)O)cc(Cl)c1SC. The second-order valence-corrected chi connectivity index (χ2v) is 5.85. The zero-order chi connectivity index (χ0) is 13.7. The lowest BCUT2D eigenvalue weighted by Gasteiger charge is -2.15. The van der Waals surface area contributed by atoms with Gasteiger partial charge in [0.25, 0.3) is 0 Å². The number of nitrogens with two attached hydrogens (primary N) is 1. The summed E-state index contributed by atoms with van der Waals surface area (Å²) in [7, 11) is 0. The minimum atomic E-state index is -0.831. The lowest BCUT2D eigenvalue weighted by atomic mass is 10.0. The van der Waals surface area contributed by atoms with Crippen LogP contribution in [0.5, 0.6) is 0 Å². The fourth-order valence-corrected chi connectivity index (χ4v) is 3.68. The summed E-state index contributed by atoms with van der Waals surface area (Å²) in [5.41, 5.74) is 6.88. The second kappa shape index (κ2) is 7.28. The predicted molar refractivity (Wildman–Crippen MR) is 78.8 cm³/mol. The molecule has 18 heavy (non-hydrogen) atoms. The predicted octanol–water partition coefficient (Wildman–Crippen LogP) is 3.65. The average molecular weight is 306 g/mol. The Morgan fingerprint density at radius 2 is 2.11 bits per heavy atom. The van der Waals surface area contributed by atoms with E-state index in [1.54, 1.807) is 23.5 Å². The van der Waals surface area contributed by atoms with Crippen LogP contribution < -0.4 is 5.73 Å². The summed E-state index contributed by atoms with van der Waals surface area (Å²) >= 11 is 9.42. The van der Waals surface area contributed by atoms with Crippen LogP contribution in [0.15, 0.2) is 21.9 Å². The summed E-state index contributed by atoms with van der Waals surface area (Å²) in [4.78, 5) is 12.7. The van der Waals surface area contributed by atoms with E-state index in [1.165, 1.54) is 0 Å². The molecule has 0 aliphatic rings. The molecule has 1 aromatic rings. The van der Waals surface area contributed by atoms with E-state index >= 15 is 0 Å². The Hall–Kier alpha value is -0.360. The Labute approximate surface area is 120 Å². The fraction of sp³-hybridized carbons (Fsp3) is 0.417. The van der Waals surface area contributed by atoms with Gasteiger partial charge in [0.2, 0.25) is 0 Å². The van der Waals surface area contributed by atoms with Crippen molar-refractivity contribution in [2.24, 2.45) is 5.73 Å². The molecular weight excluding hydrogens is 290 g/mol. The van der Waals surface area contributed by atoms with Gasteiger partial charge in [0.15, 0.2) is 0 Å². The normalized spacial score (nSPS) is 12.4. The van der Waals surface area contributed by atoms with Gasteiger partial charge < -0.3 is 10.8 Å². The van der Waals surface area contributed by atoms with Gasteiger partial charge in [-0.15, -0.1) is 23.5 Å². The van der Waals surface area contributed by atoms with Crippen molar-refractivity contribution in [1.82, 2.24) is 0 Å². The third kappa shape index (κ3) is 4.09. The Morgan fingerprint density at radius 3 is 2.61 bits per heavy atom. The summed E-state index contributed by atoms with van der Waals surface area (Å²) < 4.78 is 0. The first-order valence-corrected chi connectivity index (χ1v) is 8.21. The smallest absolute Gasteiger partial charge is 0.303 e. The van der Waals surface area contributed by atoms with Gasteiger partial charge in [-0.05, 0) is 36.6 Å². The number of carboxylic acids is 1. The quantitative estimate of drug-likeness (QED) is 0.786. The topological polar surface area (TPSA) is 63.3 Å². The molecule has 0 bridgehead atoms. The van der Waals surface area contributed by atoms with Crippen molar-refractivity contribution >= 4 is 41.1 Å². The number of hydrogen-bond donors (Lipinski definition) is 2. The number of benzene rings is 1. The lowest BCUT2D eigenvalue weighted by molar-refractivity contribution is -0.137. The van der Waals surface area contributed by atoms with Crippen LogP contribution in [-0.2, 0) is 4.79 Å². The Kier molecular flexibility index (Phi) is 6.35. The van der Waals surface area contributed by atoms with Gasteiger partial charge in [-0.3, -0.25) is 4.79 Å². The largest absolute Gasteiger partial charge is 0.481 e. The minimum absolute atomic E-state index is 0.0671. The molecule has 0 heterocycles. The van der Waals surface area contributed by atoms with Gasteiger partial charge >= 0.3 is 5.97 Å². The standard InChI is InChI=1S/C12H16ClNO2S2/c1-17-10-6-7(5-8(13)12(10)18-2)9(14)3-4-11(15)16/h5-6,9H,3-4,14H2,1-2H3,(H,15,16). The number of carboxylic acid groups (broad SMARTS) is 1. The number of aliphatic carboxylic acids is 1. The summed E-state index contributed by atoms with van der Waals surface area (Å²) in [6, 6.07) is 3.54. The Bertz CT molecular complexity index is 440. The minimum Gasteiger partial charge on any atom is -0.481 e. The van der Waals surface area contributed by atoms with E-state index in [4.69, 9.17) is 22.4 Å². The van der Waals surface area contributed by atoms with Crippen molar-refractivity contribution in [3.8, 4) is 0 Å². The monoisotopic (exact) mass is 305 g/mol. The number of halogens is 1. The van der Waals surface area contributed by atoms with Crippen LogP contribution in [0.1, 0.15) is 24.4 Å². The number of carbonyl (C=O) groups is 1. The fourth-order valence-electron chi connectivity index (χ4n) is 1.60. The van der Waals surface area contributed by atoms with E-state index in [9.17, 15) is 4.79 Å². The summed E-state index contributed by atoms with van der Waals surface area (Å²) in [6.07, 6.45) is 4.44. The molecule has 6 heteroatoms. The van der Waals surface area contributed by atoms with Gasteiger partial charge in [0, 0.05) is 22.3 Å². The number of rotatable bonds is 6. The van der Waals surface area contributed by atoms with E-state index in [2.05, 4.69) is 0 Å². The van der Waals surface area contributed by atoms with Crippen molar-refractivity contribution in [1.29, 1.82) is 0 Å².